The molecule has 1 aromatic heterocycles. The van der Waals surface area contributed by atoms with E-state index in [1.54, 1.807) is 0 Å². The molecule has 0 spiro atoms. The van der Waals surface area contributed by atoms with E-state index in [1.807, 2.05) is 31.2 Å². The van der Waals surface area contributed by atoms with Gasteiger partial charge in [-0.1, -0.05) is 34.1 Å². The highest BCUT2D eigenvalue weighted by Crippen LogP contribution is 2.15. The van der Waals surface area contributed by atoms with E-state index in [9.17, 15) is 0 Å². The predicted octanol–water partition coefficient (Wildman–Crippen LogP) is 2.83. The number of hydrogen-bond acceptors (Lipinski definition) is 2. The maximum atomic E-state index is 4.40. The van der Waals surface area contributed by atoms with Crippen LogP contribution in [0.1, 0.15) is 11.5 Å². The molecule has 0 bridgehead atoms. The van der Waals surface area contributed by atoms with E-state index in [2.05, 4.69) is 25.9 Å². The summed E-state index contributed by atoms with van der Waals surface area (Å²) in [5.41, 5.74) is 2.06. The Kier molecular flexibility index (Phi) is 2.27. The Morgan fingerprint density at radius 3 is 2.77 bits per heavy atom. The number of halogens is 1. The van der Waals surface area contributed by atoms with Crippen molar-refractivity contribution >= 4 is 26.8 Å². The lowest BCUT2D eigenvalue weighted by molar-refractivity contribution is 1.04. The van der Waals surface area contributed by atoms with Crippen LogP contribution in [0.2, 0.25) is 0 Å². The van der Waals surface area contributed by atoms with Crippen molar-refractivity contribution in [2.24, 2.45) is 0 Å². The Hall–Kier alpha value is -0.960. The average molecular weight is 237 g/mol. The van der Waals surface area contributed by atoms with E-state index >= 15 is 0 Å². The fraction of sp³-hybridized carbons (Fsp3) is 0.200. The number of fused-ring (bicyclic) bond motifs is 1. The van der Waals surface area contributed by atoms with Crippen LogP contribution in [0.3, 0.4) is 0 Å². The Morgan fingerprint density at radius 1 is 1.23 bits per heavy atom. The summed E-state index contributed by atoms with van der Waals surface area (Å²) in [6, 6.07) is 8.05. The molecule has 2 nitrogen and oxygen atoms in total. The first-order valence-electron chi connectivity index (χ1n) is 4.09. The summed E-state index contributed by atoms with van der Waals surface area (Å²) in [6.07, 6.45) is 0. The van der Waals surface area contributed by atoms with Crippen LogP contribution in [-0.2, 0) is 5.33 Å². The van der Waals surface area contributed by atoms with Crippen LogP contribution in [0.5, 0.6) is 0 Å². The van der Waals surface area contributed by atoms with Gasteiger partial charge in [-0.2, -0.15) is 0 Å². The molecule has 66 valence electrons. The van der Waals surface area contributed by atoms with Gasteiger partial charge >= 0.3 is 0 Å². The van der Waals surface area contributed by atoms with Crippen LogP contribution in [0, 0.1) is 6.92 Å². The van der Waals surface area contributed by atoms with Gasteiger partial charge in [0.25, 0.3) is 0 Å². The largest absolute Gasteiger partial charge is 0.237 e. The average Bonchev–Trinajstić information content (AvgIpc) is 2.18. The van der Waals surface area contributed by atoms with Crippen molar-refractivity contribution in [3.05, 3.63) is 35.8 Å². The maximum Gasteiger partial charge on any atom is 0.139 e. The van der Waals surface area contributed by atoms with Crippen molar-refractivity contribution in [2.75, 3.05) is 0 Å². The number of benzene rings is 1. The fourth-order valence-electron chi connectivity index (χ4n) is 1.35. The summed E-state index contributed by atoms with van der Waals surface area (Å²) in [4.78, 5) is 8.76. The fourth-order valence-corrected chi connectivity index (χ4v) is 1.61. The maximum absolute atomic E-state index is 4.40. The van der Waals surface area contributed by atoms with Crippen LogP contribution in [0.4, 0.5) is 0 Å². The Labute approximate surface area is 85.1 Å². The second-order valence-corrected chi connectivity index (χ2v) is 3.44. The van der Waals surface area contributed by atoms with Crippen molar-refractivity contribution in [3.63, 3.8) is 0 Å². The first-order chi connectivity index (χ1) is 6.31. The zero-order chi connectivity index (χ0) is 9.26. The smallest absolute Gasteiger partial charge is 0.139 e. The molecule has 1 heterocycles. The molecule has 0 saturated heterocycles. The molecule has 0 radical (unpaired) electrons. The first kappa shape index (κ1) is 8.63. The molecule has 1 aromatic carbocycles. The lowest BCUT2D eigenvalue weighted by Crippen LogP contribution is -1.95. The van der Waals surface area contributed by atoms with Gasteiger partial charge in [-0.25, -0.2) is 9.97 Å². The van der Waals surface area contributed by atoms with Crippen LogP contribution < -0.4 is 0 Å². The number of alkyl halides is 1. The standard InChI is InChI=1S/C10H9BrN2/c1-7-8-4-2-3-5-9(8)13-10(6-11)12-7/h2-5H,6H2,1H3. The Morgan fingerprint density at radius 2 is 2.00 bits per heavy atom. The molecule has 13 heavy (non-hydrogen) atoms. The SMILES string of the molecule is Cc1nc(CBr)nc2ccccc12. The van der Waals surface area contributed by atoms with E-state index in [4.69, 9.17) is 0 Å². The van der Waals surface area contributed by atoms with Gasteiger partial charge in [0.05, 0.1) is 10.8 Å². The summed E-state index contributed by atoms with van der Waals surface area (Å²) in [6.45, 7) is 2.01. The highest BCUT2D eigenvalue weighted by atomic mass is 79.9. The highest BCUT2D eigenvalue weighted by Gasteiger charge is 2.01. The van der Waals surface area contributed by atoms with Gasteiger partial charge in [-0.15, -0.1) is 0 Å². The van der Waals surface area contributed by atoms with Crippen LogP contribution >= 0.6 is 15.9 Å². The van der Waals surface area contributed by atoms with Gasteiger partial charge < -0.3 is 0 Å². The Bertz CT molecular complexity index is 440. The van der Waals surface area contributed by atoms with Crippen molar-refractivity contribution < 1.29 is 0 Å². The number of aromatic nitrogens is 2. The monoisotopic (exact) mass is 236 g/mol. The number of nitrogens with zero attached hydrogens (tertiary/aromatic N) is 2. The third-order valence-electron chi connectivity index (χ3n) is 1.96. The zero-order valence-corrected chi connectivity index (χ0v) is 8.87. The predicted molar refractivity (Wildman–Crippen MR) is 56.9 cm³/mol. The van der Waals surface area contributed by atoms with Crippen molar-refractivity contribution in [1.82, 2.24) is 9.97 Å². The van der Waals surface area contributed by atoms with Gasteiger partial charge in [0.2, 0.25) is 0 Å². The molecule has 3 heteroatoms. The molecule has 0 saturated carbocycles. The van der Waals surface area contributed by atoms with E-state index in [1.165, 1.54) is 0 Å². The molecule has 2 aromatic rings. The van der Waals surface area contributed by atoms with Gasteiger partial charge in [0.15, 0.2) is 0 Å². The summed E-state index contributed by atoms with van der Waals surface area (Å²) < 4.78 is 0. The quantitative estimate of drug-likeness (QED) is 0.712. The number of aryl methyl sites for hydroxylation is 1. The van der Waals surface area contributed by atoms with E-state index in [0.717, 1.165) is 22.4 Å². The second-order valence-electron chi connectivity index (χ2n) is 2.88. The highest BCUT2D eigenvalue weighted by molar-refractivity contribution is 9.08. The Balaban J connectivity index is 2.77. The van der Waals surface area contributed by atoms with E-state index in [-0.39, 0.29) is 0 Å². The van der Waals surface area contributed by atoms with Crippen LogP contribution in [0.15, 0.2) is 24.3 Å². The van der Waals surface area contributed by atoms with Crippen LogP contribution in [0.25, 0.3) is 10.9 Å². The molecule has 0 aliphatic carbocycles. The second kappa shape index (κ2) is 3.42. The lowest BCUT2D eigenvalue weighted by Gasteiger charge is -2.02. The van der Waals surface area contributed by atoms with E-state index < -0.39 is 0 Å². The minimum absolute atomic E-state index is 0.707. The van der Waals surface area contributed by atoms with Crippen molar-refractivity contribution in [1.29, 1.82) is 0 Å². The molecular formula is C10H9BrN2. The third kappa shape index (κ3) is 1.56. The number of rotatable bonds is 1. The van der Waals surface area contributed by atoms with Crippen LogP contribution in [-0.4, -0.2) is 9.97 Å². The lowest BCUT2D eigenvalue weighted by atomic mass is 10.2. The third-order valence-corrected chi connectivity index (χ3v) is 2.46. The topological polar surface area (TPSA) is 25.8 Å². The summed E-state index contributed by atoms with van der Waals surface area (Å²) in [7, 11) is 0. The molecule has 0 atom stereocenters. The van der Waals surface area contributed by atoms with Gasteiger partial charge in [0, 0.05) is 11.1 Å². The van der Waals surface area contributed by atoms with Crippen molar-refractivity contribution in [3.8, 4) is 0 Å². The summed E-state index contributed by atoms with van der Waals surface area (Å²) in [5, 5.41) is 1.84. The molecule has 0 aliphatic heterocycles. The molecular weight excluding hydrogens is 228 g/mol. The summed E-state index contributed by atoms with van der Waals surface area (Å²) in [5.74, 6) is 0.844. The van der Waals surface area contributed by atoms with Gasteiger partial charge in [-0.05, 0) is 13.0 Å². The first-order valence-corrected chi connectivity index (χ1v) is 5.21. The van der Waals surface area contributed by atoms with E-state index in [0.29, 0.717) is 5.33 Å². The molecule has 0 amide bonds. The number of para-hydroxylation sites is 1. The van der Waals surface area contributed by atoms with Gasteiger partial charge in [-0.3, -0.25) is 0 Å². The number of hydrogen-bond donors (Lipinski definition) is 0. The molecule has 0 fully saturated rings. The zero-order valence-electron chi connectivity index (χ0n) is 7.29. The minimum Gasteiger partial charge on any atom is -0.237 e. The molecule has 0 aliphatic rings. The van der Waals surface area contributed by atoms with Crippen molar-refractivity contribution in [2.45, 2.75) is 12.3 Å². The molecule has 0 unspecified atom stereocenters. The normalized spacial score (nSPS) is 10.6. The molecule has 2 rings (SSSR count). The molecule has 0 N–H and O–H groups in total. The minimum atomic E-state index is 0.707. The van der Waals surface area contributed by atoms with Gasteiger partial charge in [0.1, 0.15) is 5.82 Å². The summed E-state index contributed by atoms with van der Waals surface area (Å²) >= 11 is 3.35.